The first kappa shape index (κ1) is 12.0. The quantitative estimate of drug-likeness (QED) is 0.788. The summed E-state index contributed by atoms with van der Waals surface area (Å²) in [6, 6.07) is 2.18. The van der Waals surface area contributed by atoms with Gasteiger partial charge in [0.25, 0.3) is 0 Å². The second-order valence-corrected chi connectivity index (χ2v) is 5.01. The summed E-state index contributed by atoms with van der Waals surface area (Å²) >= 11 is 0. The Hall–Kier alpha value is -1.50. The Morgan fingerprint density at radius 2 is 2.24 bits per heavy atom. The van der Waals surface area contributed by atoms with Gasteiger partial charge in [-0.25, -0.2) is 4.68 Å². The molecule has 1 aliphatic carbocycles. The van der Waals surface area contributed by atoms with E-state index in [0.29, 0.717) is 17.4 Å². The van der Waals surface area contributed by atoms with E-state index in [1.165, 1.54) is 12.8 Å². The van der Waals surface area contributed by atoms with E-state index in [0.717, 1.165) is 18.5 Å². The van der Waals surface area contributed by atoms with Crippen molar-refractivity contribution in [3.8, 4) is 11.9 Å². The zero-order chi connectivity index (χ0) is 12.4. The van der Waals surface area contributed by atoms with Crippen molar-refractivity contribution >= 4 is 0 Å². The Kier molecular flexibility index (Phi) is 3.37. The van der Waals surface area contributed by atoms with Gasteiger partial charge in [-0.1, -0.05) is 13.3 Å². The second-order valence-electron chi connectivity index (χ2n) is 5.01. The highest BCUT2D eigenvalue weighted by atomic mass is 16.5. The third-order valence-corrected chi connectivity index (χ3v) is 3.45. The molecule has 0 amide bonds. The molecule has 2 atom stereocenters. The minimum Gasteiger partial charge on any atom is -0.474 e. The second kappa shape index (κ2) is 4.79. The van der Waals surface area contributed by atoms with E-state index < -0.39 is 0 Å². The van der Waals surface area contributed by atoms with E-state index in [-0.39, 0.29) is 6.10 Å². The molecule has 1 heterocycles. The highest BCUT2D eigenvalue weighted by molar-refractivity contribution is 5.42. The van der Waals surface area contributed by atoms with Crippen LogP contribution in [-0.4, -0.2) is 15.9 Å². The monoisotopic (exact) mass is 233 g/mol. The summed E-state index contributed by atoms with van der Waals surface area (Å²) in [4.78, 5) is 0. The first-order valence-corrected chi connectivity index (χ1v) is 6.22. The van der Waals surface area contributed by atoms with Gasteiger partial charge in [0, 0.05) is 7.05 Å². The molecule has 4 nitrogen and oxygen atoms in total. The molecule has 0 aliphatic heterocycles. The molecule has 4 heteroatoms. The lowest BCUT2D eigenvalue weighted by molar-refractivity contribution is 0.118. The van der Waals surface area contributed by atoms with Crippen molar-refractivity contribution in [3.05, 3.63) is 11.3 Å². The van der Waals surface area contributed by atoms with Crippen LogP contribution in [-0.2, 0) is 7.05 Å². The number of nitriles is 1. The summed E-state index contributed by atoms with van der Waals surface area (Å²) in [5, 5.41) is 13.3. The highest BCUT2D eigenvalue weighted by Gasteiger charge is 2.23. The molecule has 1 aliphatic rings. The van der Waals surface area contributed by atoms with Crippen molar-refractivity contribution in [3.63, 3.8) is 0 Å². The van der Waals surface area contributed by atoms with E-state index in [1.54, 1.807) is 4.68 Å². The van der Waals surface area contributed by atoms with Crippen LogP contribution in [0.5, 0.6) is 5.88 Å². The fourth-order valence-electron chi connectivity index (χ4n) is 2.54. The van der Waals surface area contributed by atoms with Gasteiger partial charge >= 0.3 is 0 Å². The number of aromatic nitrogens is 2. The molecule has 0 N–H and O–H groups in total. The summed E-state index contributed by atoms with van der Waals surface area (Å²) in [5.74, 6) is 1.35. The Morgan fingerprint density at radius 1 is 1.47 bits per heavy atom. The molecule has 2 unspecified atom stereocenters. The number of ether oxygens (including phenoxy) is 1. The minimum absolute atomic E-state index is 0.237. The molecule has 1 saturated carbocycles. The topological polar surface area (TPSA) is 50.8 Å². The molecule has 1 aromatic heterocycles. The Balaban J connectivity index is 2.15. The zero-order valence-corrected chi connectivity index (χ0v) is 10.7. The van der Waals surface area contributed by atoms with Gasteiger partial charge in [0.2, 0.25) is 5.88 Å². The van der Waals surface area contributed by atoms with Gasteiger partial charge in [-0.3, -0.25) is 0 Å². The van der Waals surface area contributed by atoms with Gasteiger partial charge in [-0.2, -0.15) is 10.4 Å². The van der Waals surface area contributed by atoms with Gasteiger partial charge in [0.1, 0.15) is 17.7 Å². The predicted octanol–water partition coefficient (Wildman–Crippen LogP) is 2.56. The van der Waals surface area contributed by atoms with Crippen LogP contribution >= 0.6 is 0 Å². The van der Waals surface area contributed by atoms with Gasteiger partial charge in [-0.15, -0.1) is 0 Å². The van der Waals surface area contributed by atoms with Crippen LogP contribution in [0.25, 0.3) is 0 Å². The third kappa shape index (κ3) is 2.44. The van der Waals surface area contributed by atoms with Gasteiger partial charge in [-0.05, 0) is 32.1 Å². The molecule has 0 radical (unpaired) electrons. The lowest BCUT2D eigenvalue weighted by Gasteiger charge is -2.27. The summed E-state index contributed by atoms with van der Waals surface area (Å²) < 4.78 is 7.65. The van der Waals surface area contributed by atoms with E-state index in [2.05, 4.69) is 18.1 Å². The molecule has 0 aromatic carbocycles. The molecule has 0 bridgehead atoms. The van der Waals surface area contributed by atoms with Gasteiger partial charge < -0.3 is 4.74 Å². The van der Waals surface area contributed by atoms with Gasteiger partial charge in [0.15, 0.2) is 0 Å². The lowest BCUT2D eigenvalue weighted by atomic mass is 9.89. The van der Waals surface area contributed by atoms with E-state index in [1.807, 2.05) is 14.0 Å². The Bertz CT molecular complexity index is 444. The molecule has 0 spiro atoms. The van der Waals surface area contributed by atoms with Crippen LogP contribution in [0.2, 0.25) is 0 Å². The number of rotatable bonds is 2. The van der Waals surface area contributed by atoms with Crippen molar-refractivity contribution < 1.29 is 4.74 Å². The fraction of sp³-hybridized carbons (Fsp3) is 0.692. The molecular weight excluding hydrogens is 214 g/mol. The largest absolute Gasteiger partial charge is 0.474 e. The predicted molar refractivity (Wildman–Crippen MR) is 64.7 cm³/mol. The molecular formula is C13H19N3O. The molecule has 2 rings (SSSR count). The summed E-state index contributed by atoms with van der Waals surface area (Å²) in [6.45, 7) is 4.10. The van der Waals surface area contributed by atoms with E-state index in [4.69, 9.17) is 10.00 Å². The first-order valence-electron chi connectivity index (χ1n) is 6.22. The van der Waals surface area contributed by atoms with Crippen LogP contribution < -0.4 is 4.74 Å². The third-order valence-electron chi connectivity index (χ3n) is 3.45. The van der Waals surface area contributed by atoms with Crippen molar-refractivity contribution in [1.29, 1.82) is 5.26 Å². The normalized spacial score (nSPS) is 24.4. The van der Waals surface area contributed by atoms with Crippen molar-refractivity contribution in [2.24, 2.45) is 13.0 Å². The number of hydrogen-bond acceptors (Lipinski definition) is 3. The Labute approximate surface area is 102 Å². The minimum atomic E-state index is 0.237. The molecule has 1 aromatic rings. The van der Waals surface area contributed by atoms with Crippen molar-refractivity contribution in [2.75, 3.05) is 0 Å². The standard InChI is InChI=1S/C13H19N3O/c1-9-5-4-6-11(7-9)17-13-12(8-14)10(2)15-16(13)3/h9,11H,4-7H2,1-3H3. The van der Waals surface area contributed by atoms with Crippen molar-refractivity contribution in [1.82, 2.24) is 9.78 Å². The first-order chi connectivity index (χ1) is 8.11. The van der Waals surface area contributed by atoms with Crippen LogP contribution in [0.4, 0.5) is 0 Å². The fourth-order valence-corrected chi connectivity index (χ4v) is 2.54. The van der Waals surface area contributed by atoms with E-state index in [9.17, 15) is 0 Å². The summed E-state index contributed by atoms with van der Waals surface area (Å²) in [7, 11) is 1.83. The maximum atomic E-state index is 9.11. The summed E-state index contributed by atoms with van der Waals surface area (Å²) in [6.07, 6.45) is 4.90. The van der Waals surface area contributed by atoms with Gasteiger partial charge in [0.05, 0.1) is 5.69 Å². The molecule has 1 fully saturated rings. The smallest absolute Gasteiger partial charge is 0.230 e. The molecule has 0 saturated heterocycles. The molecule has 92 valence electrons. The average Bonchev–Trinajstić information content (AvgIpc) is 2.53. The number of hydrogen-bond donors (Lipinski definition) is 0. The number of aryl methyl sites for hydroxylation is 2. The van der Waals surface area contributed by atoms with Crippen LogP contribution in [0.3, 0.4) is 0 Å². The van der Waals surface area contributed by atoms with Crippen molar-refractivity contribution in [2.45, 2.75) is 45.6 Å². The number of nitrogens with zero attached hydrogens (tertiary/aromatic N) is 3. The van der Waals surface area contributed by atoms with E-state index >= 15 is 0 Å². The SMILES string of the molecule is Cc1nn(C)c(OC2CCCC(C)C2)c1C#N. The van der Waals surface area contributed by atoms with Crippen LogP contribution in [0.15, 0.2) is 0 Å². The lowest BCUT2D eigenvalue weighted by Crippen LogP contribution is -2.25. The summed E-state index contributed by atoms with van der Waals surface area (Å²) in [5.41, 5.74) is 1.32. The maximum Gasteiger partial charge on any atom is 0.230 e. The van der Waals surface area contributed by atoms with Crippen LogP contribution in [0, 0.1) is 24.2 Å². The molecule has 17 heavy (non-hydrogen) atoms. The highest BCUT2D eigenvalue weighted by Crippen LogP contribution is 2.29. The average molecular weight is 233 g/mol. The Morgan fingerprint density at radius 3 is 2.88 bits per heavy atom. The maximum absolute atomic E-state index is 9.11. The zero-order valence-electron chi connectivity index (χ0n) is 10.7. The van der Waals surface area contributed by atoms with Crippen LogP contribution in [0.1, 0.15) is 43.9 Å².